The van der Waals surface area contributed by atoms with Gasteiger partial charge in [0.2, 0.25) is 0 Å². The van der Waals surface area contributed by atoms with E-state index in [-0.39, 0.29) is 5.92 Å². The van der Waals surface area contributed by atoms with Crippen LogP contribution in [-0.2, 0) is 0 Å². The van der Waals surface area contributed by atoms with Gasteiger partial charge in [-0.25, -0.2) is 15.0 Å². The van der Waals surface area contributed by atoms with E-state index in [2.05, 4.69) is 149 Å². The van der Waals surface area contributed by atoms with Gasteiger partial charge in [-0.05, 0) is 89.3 Å². The summed E-state index contributed by atoms with van der Waals surface area (Å²) in [4.78, 5) is 22.1. The Hall–Kier alpha value is -8.22. The van der Waals surface area contributed by atoms with Gasteiger partial charge in [-0.15, -0.1) is 0 Å². The van der Waals surface area contributed by atoms with Crippen LogP contribution < -0.4 is 4.90 Å². The summed E-state index contributed by atoms with van der Waals surface area (Å²) in [6.07, 6.45) is 11.5. The van der Waals surface area contributed by atoms with Crippen LogP contribution in [0.4, 0.5) is 11.4 Å². The summed E-state index contributed by atoms with van der Waals surface area (Å²) in [7, 11) is 0. The van der Waals surface area contributed by atoms with Crippen LogP contribution in [0.2, 0.25) is 0 Å². The van der Waals surface area contributed by atoms with Crippen LogP contribution in [0.15, 0.2) is 218 Å². The molecule has 0 spiro atoms. The molecule has 0 radical (unpaired) electrons. The van der Waals surface area contributed by atoms with Gasteiger partial charge in [0.05, 0.1) is 16.7 Å². The van der Waals surface area contributed by atoms with Gasteiger partial charge >= 0.3 is 0 Å². The highest BCUT2D eigenvalue weighted by Crippen LogP contribution is 2.54. The molecule has 0 saturated carbocycles. The Morgan fingerprint density at radius 3 is 1.82 bits per heavy atom. The summed E-state index contributed by atoms with van der Waals surface area (Å²) in [5.41, 5.74) is 15.7. The molecule has 6 heteroatoms. The van der Waals surface area contributed by atoms with Gasteiger partial charge in [-0.3, -0.25) is 4.98 Å². The van der Waals surface area contributed by atoms with Gasteiger partial charge in [-0.1, -0.05) is 140 Å². The van der Waals surface area contributed by atoms with Crippen molar-refractivity contribution in [1.29, 1.82) is 0 Å². The van der Waals surface area contributed by atoms with E-state index in [1.807, 2.05) is 73.1 Å². The van der Waals surface area contributed by atoms with Crippen LogP contribution in [0.3, 0.4) is 0 Å². The van der Waals surface area contributed by atoms with Crippen molar-refractivity contribution < 1.29 is 0 Å². The summed E-state index contributed by atoms with van der Waals surface area (Å²) < 4.78 is 2.36. The first-order chi connectivity index (χ1) is 30.7. The van der Waals surface area contributed by atoms with Gasteiger partial charge in [-0.2, -0.15) is 0 Å². The second-order valence-electron chi connectivity index (χ2n) is 15.8. The van der Waals surface area contributed by atoms with Crippen molar-refractivity contribution in [2.75, 3.05) is 4.90 Å². The maximum atomic E-state index is 5.00. The molecule has 3 aromatic heterocycles. The van der Waals surface area contributed by atoms with Crippen molar-refractivity contribution in [2.24, 2.45) is 0 Å². The summed E-state index contributed by atoms with van der Waals surface area (Å²) in [5, 5.41) is 2.50. The molecule has 10 aromatic rings. The predicted molar refractivity (Wildman–Crippen MR) is 252 cm³/mol. The van der Waals surface area contributed by atoms with E-state index in [0.717, 1.165) is 45.6 Å². The lowest BCUT2D eigenvalue weighted by Gasteiger charge is -2.24. The van der Waals surface area contributed by atoms with Crippen molar-refractivity contribution in [2.45, 2.75) is 12.3 Å². The molecule has 292 valence electrons. The molecule has 6 nitrogen and oxygen atoms in total. The third-order valence-corrected chi connectivity index (χ3v) is 12.2. The number of hydrogen-bond donors (Lipinski definition) is 0. The zero-order valence-corrected chi connectivity index (χ0v) is 33.7. The van der Waals surface area contributed by atoms with E-state index in [4.69, 9.17) is 19.9 Å². The normalized spacial score (nSPS) is 14.2. The number of para-hydroxylation sites is 2. The second kappa shape index (κ2) is 14.8. The Morgan fingerprint density at radius 1 is 0.452 bits per heavy atom. The van der Waals surface area contributed by atoms with Gasteiger partial charge in [0.1, 0.15) is 0 Å². The van der Waals surface area contributed by atoms with Crippen LogP contribution in [0, 0.1) is 0 Å². The minimum Gasteiger partial charge on any atom is -0.313 e. The van der Waals surface area contributed by atoms with Crippen LogP contribution >= 0.6 is 0 Å². The van der Waals surface area contributed by atoms with Crippen molar-refractivity contribution in [3.63, 3.8) is 0 Å². The van der Waals surface area contributed by atoms with Gasteiger partial charge in [0, 0.05) is 68.4 Å². The smallest absolute Gasteiger partial charge is 0.165 e. The molecule has 0 saturated heterocycles. The van der Waals surface area contributed by atoms with E-state index in [0.29, 0.717) is 17.5 Å². The minimum atomic E-state index is 0.199. The SMILES string of the molecule is C1=CCC2C(=C1)N(c1ccc(-c3ccc4c(c3)c3ccccc3n4-c3ccccc3)cc1)c1cccc(-c3cncc(-c4nc(-c5ccccc5)nc(-c5ccccc5)n4)c3)c12. The number of aromatic nitrogens is 5. The van der Waals surface area contributed by atoms with Crippen molar-refractivity contribution in [3.05, 3.63) is 224 Å². The molecule has 1 aliphatic heterocycles. The molecule has 1 aliphatic carbocycles. The number of allylic oxidation sites excluding steroid dienone is 4. The third-order valence-electron chi connectivity index (χ3n) is 12.2. The number of anilines is 2. The first kappa shape index (κ1) is 35.7. The largest absolute Gasteiger partial charge is 0.313 e. The molecule has 4 heterocycles. The standard InChI is InChI=1S/C56H38N6/c1-4-15-38(16-5-1)54-58-55(39-17-6-2-7-18-39)60-56(59-54)42-33-41(35-57-36-42)45-23-14-26-52-53(45)47-22-11-13-25-50(47)62(52)44-30-27-37(28-31-44)40-29-32-51-48(34-40)46-21-10-12-24-49(46)61(51)43-19-8-3-9-20-43/h1-21,23-36,47H,22H2. The molecule has 1 unspecified atom stereocenters. The molecule has 1 atom stereocenters. The monoisotopic (exact) mass is 794 g/mol. The maximum Gasteiger partial charge on any atom is 0.165 e. The average molecular weight is 795 g/mol. The third kappa shape index (κ3) is 6.03. The molecule has 0 N–H and O–H groups in total. The van der Waals surface area contributed by atoms with E-state index in [1.54, 1.807) is 0 Å². The fourth-order valence-electron chi connectivity index (χ4n) is 9.37. The summed E-state index contributed by atoms with van der Waals surface area (Å²) >= 11 is 0. The fourth-order valence-corrected chi connectivity index (χ4v) is 9.37. The van der Waals surface area contributed by atoms with Crippen LogP contribution in [-0.4, -0.2) is 24.5 Å². The van der Waals surface area contributed by atoms with Crippen molar-refractivity contribution in [3.8, 4) is 62.1 Å². The summed E-state index contributed by atoms with van der Waals surface area (Å²) in [6.45, 7) is 0. The zero-order valence-electron chi connectivity index (χ0n) is 33.7. The number of hydrogen-bond acceptors (Lipinski definition) is 5. The molecular weight excluding hydrogens is 757 g/mol. The summed E-state index contributed by atoms with van der Waals surface area (Å²) in [6, 6.07) is 64.2. The molecule has 62 heavy (non-hydrogen) atoms. The quantitative estimate of drug-likeness (QED) is 0.161. The highest BCUT2D eigenvalue weighted by Gasteiger charge is 2.37. The van der Waals surface area contributed by atoms with Crippen molar-refractivity contribution >= 4 is 33.2 Å². The predicted octanol–water partition coefficient (Wildman–Crippen LogP) is 13.8. The number of nitrogens with zero attached hydrogens (tertiary/aromatic N) is 6. The van der Waals surface area contributed by atoms with E-state index in [9.17, 15) is 0 Å². The van der Waals surface area contributed by atoms with Gasteiger partial charge in [0.15, 0.2) is 17.5 Å². The minimum absolute atomic E-state index is 0.199. The Kier molecular flexibility index (Phi) is 8.52. The van der Waals surface area contributed by atoms with E-state index >= 15 is 0 Å². The molecule has 7 aromatic carbocycles. The Morgan fingerprint density at radius 2 is 1.08 bits per heavy atom. The lowest BCUT2D eigenvalue weighted by atomic mass is 9.87. The zero-order chi connectivity index (χ0) is 41.0. The number of benzene rings is 7. The molecule has 0 fully saturated rings. The number of rotatable bonds is 7. The first-order valence-corrected chi connectivity index (χ1v) is 21.1. The topological polar surface area (TPSA) is 59.7 Å². The van der Waals surface area contributed by atoms with E-state index in [1.165, 1.54) is 49.9 Å². The lowest BCUT2D eigenvalue weighted by Crippen LogP contribution is -2.14. The summed E-state index contributed by atoms with van der Waals surface area (Å²) in [5.74, 6) is 2.04. The van der Waals surface area contributed by atoms with Crippen LogP contribution in [0.25, 0.3) is 83.9 Å². The van der Waals surface area contributed by atoms with Crippen LogP contribution in [0.5, 0.6) is 0 Å². The molecule has 2 aliphatic rings. The molecule has 12 rings (SSSR count). The van der Waals surface area contributed by atoms with E-state index < -0.39 is 0 Å². The average Bonchev–Trinajstić information content (AvgIpc) is 3.87. The maximum absolute atomic E-state index is 5.00. The number of pyridine rings is 1. The Balaban J connectivity index is 0.916. The Labute approximate surface area is 359 Å². The van der Waals surface area contributed by atoms with Gasteiger partial charge < -0.3 is 9.47 Å². The van der Waals surface area contributed by atoms with Gasteiger partial charge in [0.25, 0.3) is 0 Å². The highest BCUT2D eigenvalue weighted by molar-refractivity contribution is 6.10. The molecule has 0 bridgehead atoms. The fraction of sp³-hybridized carbons (Fsp3) is 0.0357. The first-order valence-electron chi connectivity index (χ1n) is 21.1. The lowest BCUT2D eigenvalue weighted by molar-refractivity contribution is 0.821. The van der Waals surface area contributed by atoms with Crippen LogP contribution in [0.1, 0.15) is 17.9 Å². The Bertz CT molecular complexity index is 3310. The second-order valence-corrected chi connectivity index (χ2v) is 15.8. The number of fused-ring (bicyclic) bond motifs is 6. The van der Waals surface area contributed by atoms with Crippen molar-refractivity contribution in [1.82, 2.24) is 24.5 Å². The molecular formula is C56H38N6. The highest BCUT2D eigenvalue weighted by atomic mass is 15.2. The molecule has 0 amide bonds.